The lowest BCUT2D eigenvalue weighted by Crippen LogP contribution is -2.71. The molecule has 5 rings (SSSR count). The molecule has 0 bridgehead atoms. The van der Waals surface area contributed by atoms with Crippen molar-refractivity contribution in [1.29, 1.82) is 0 Å². The van der Waals surface area contributed by atoms with Crippen molar-refractivity contribution in [3.63, 3.8) is 0 Å². The summed E-state index contributed by atoms with van der Waals surface area (Å²) in [4.78, 5) is 55.3. The minimum absolute atomic E-state index is 0.00484. The zero-order chi connectivity index (χ0) is 34.6. The van der Waals surface area contributed by atoms with E-state index in [0.717, 1.165) is 6.08 Å². The molecule has 0 spiro atoms. The van der Waals surface area contributed by atoms with Crippen LogP contribution >= 0.6 is 0 Å². The highest BCUT2D eigenvalue weighted by Gasteiger charge is 2.80. The molecule has 4 aliphatic carbocycles. The number of amides is 1. The molecule has 5 aliphatic rings. The van der Waals surface area contributed by atoms with E-state index in [2.05, 4.69) is 10.2 Å². The van der Waals surface area contributed by atoms with Crippen LogP contribution in [0.2, 0.25) is 0 Å². The van der Waals surface area contributed by atoms with Crippen LogP contribution in [0.1, 0.15) is 72.6 Å². The number of esters is 1. The van der Waals surface area contributed by atoms with Crippen molar-refractivity contribution in [2.24, 2.45) is 22.7 Å². The predicted octanol–water partition coefficient (Wildman–Crippen LogP) is 2.61. The number of nitrogens with zero attached hydrogens (tertiary/aromatic N) is 1. The van der Waals surface area contributed by atoms with Gasteiger partial charge in [-0.25, -0.2) is 8.78 Å². The van der Waals surface area contributed by atoms with E-state index in [0.29, 0.717) is 19.3 Å². The topological polar surface area (TPSA) is 181 Å². The maximum absolute atomic E-state index is 17.5. The molecule has 0 aromatic carbocycles. The Bertz CT molecular complexity index is 1360. The van der Waals surface area contributed by atoms with E-state index in [-0.39, 0.29) is 37.9 Å². The van der Waals surface area contributed by atoms with Crippen molar-refractivity contribution in [3.05, 3.63) is 23.8 Å². The molecule has 9 atom stereocenters. The smallest absolute Gasteiger partial charge is 0.325 e. The highest BCUT2D eigenvalue weighted by Crippen LogP contribution is 2.72. The highest BCUT2D eigenvalue weighted by atomic mass is 19.1. The normalized spacial score (nSPS) is 39.8. The molecule has 1 heterocycles. The first-order valence-electron chi connectivity index (χ1n) is 16.0. The largest absolute Gasteiger partial charge is 0.456 e. The number of fused-ring (bicyclic) bond motifs is 7. The maximum Gasteiger partial charge on any atom is 0.325 e. The number of allylic oxidation sites excluding steroid dienone is 4. The number of unbranched alkanes of at least 4 members (excludes halogenated alkanes) is 2. The SMILES string of the molecule is CC1(C)O[C@@H]2C[C@H]3[C@@H]4C[C@H](F)C5=CC(=O)C=C[C@]5(C)[C@@]4(F)[C@@H](O)C[C@]3(C)[C@]2(C(=O)COC(=O)CNC(=O)CCCCCON(O)O)O1. The quantitative estimate of drug-likeness (QED) is 0.136. The van der Waals surface area contributed by atoms with Gasteiger partial charge in [-0.1, -0.05) is 19.4 Å². The maximum atomic E-state index is 17.5. The average molecular weight is 671 g/mol. The summed E-state index contributed by atoms with van der Waals surface area (Å²) >= 11 is 0. The van der Waals surface area contributed by atoms with Gasteiger partial charge in [0.15, 0.2) is 29.4 Å². The van der Waals surface area contributed by atoms with E-state index in [1.807, 2.05) is 0 Å². The molecule has 3 saturated carbocycles. The van der Waals surface area contributed by atoms with Crippen molar-refractivity contribution in [1.82, 2.24) is 10.7 Å². The molecule has 0 aromatic rings. The molecule has 4 fully saturated rings. The van der Waals surface area contributed by atoms with Gasteiger partial charge in [0.1, 0.15) is 12.7 Å². The standard InChI is InChI=1S/C32H44F2N2O11/c1-28(2)46-25-14-19-20-13-22(33)21-12-18(37)9-10-29(21,3)31(20,34)23(38)15-30(19,4)32(25,47-28)24(39)17-44-27(41)16-35-26(40)8-6-5-7-11-45-36(42)43/h9-10,12,19-20,22-23,25,38,42-43H,5-8,11,13-17H2,1-4H3,(H,35,40)/t19-,20-,22-,23-,25+,29-,30-,31-,32+/m0/s1. The van der Waals surface area contributed by atoms with Gasteiger partial charge >= 0.3 is 5.97 Å². The fourth-order valence-corrected chi connectivity index (χ4v) is 9.08. The van der Waals surface area contributed by atoms with Crippen molar-refractivity contribution in [2.75, 3.05) is 19.8 Å². The predicted molar refractivity (Wildman–Crippen MR) is 156 cm³/mol. The Kier molecular flexibility index (Phi) is 9.60. The number of aliphatic hydroxyl groups is 1. The second-order valence-electron chi connectivity index (χ2n) is 14.2. The number of aliphatic hydroxyl groups excluding tert-OH is 1. The third kappa shape index (κ3) is 5.87. The van der Waals surface area contributed by atoms with E-state index in [1.165, 1.54) is 19.1 Å². The van der Waals surface area contributed by atoms with Crippen molar-refractivity contribution in [3.8, 4) is 0 Å². The van der Waals surface area contributed by atoms with Crippen molar-refractivity contribution < 1.29 is 62.5 Å². The van der Waals surface area contributed by atoms with E-state index in [1.54, 1.807) is 20.8 Å². The van der Waals surface area contributed by atoms with E-state index in [4.69, 9.17) is 24.6 Å². The van der Waals surface area contributed by atoms with Gasteiger partial charge in [0, 0.05) is 23.2 Å². The number of ether oxygens (including phenoxy) is 3. The number of Topliss-reactive ketones (excluding diaryl/α,β-unsaturated/α-hetero) is 1. The zero-order valence-corrected chi connectivity index (χ0v) is 27.0. The first-order valence-corrected chi connectivity index (χ1v) is 16.0. The molecule has 0 radical (unpaired) electrons. The summed E-state index contributed by atoms with van der Waals surface area (Å²) in [5, 5.41) is 30.6. The third-order valence-corrected chi connectivity index (χ3v) is 11.1. The third-order valence-electron chi connectivity index (χ3n) is 11.1. The van der Waals surface area contributed by atoms with Crippen molar-refractivity contribution in [2.45, 2.75) is 108 Å². The van der Waals surface area contributed by atoms with Gasteiger partial charge in [-0.15, -0.1) is 0 Å². The molecule has 15 heteroatoms. The molecule has 1 amide bonds. The Labute approximate surface area is 271 Å². The monoisotopic (exact) mass is 670 g/mol. The van der Waals surface area contributed by atoms with E-state index < -0.39 is 100 Å². The van der Waals surface area contributed by atoms with Crippen molar-refractivity contribution >= 4 is 23.4 Å². The lowest BCUT2D eigenvalue weighted by Gasteiger charge is -2.63. The number of halogens is 2. The summed E-state index contributed by atoms with van der Waals surface area (Å²) in [7, 11) is 0. The molecule has 47 heavy (non-hydrogen) atoms. The van der Waals surface area contributed by atoms with Gasteiger partial charge in [-0.2, -0.15) is 0 Å². The number of hydrogen-bond donors (Lipinski definition) is 4. The molecule has 262 valence electrons. The summed E-state index contributed by atoms with van der Waals surface area (Å²) in [5.41, 5.74) is -6.93. The van der Waals surface area contributed by atoms with Crippen LogP contribution in [0.15, 0.2) is 23.8 Å². The number of nitrogens with one attached hydrogen (secondary N) is 1. The Morgan fingerprint density at radius 1 is 1.11 bits per heavy atom. The lowest BCUT2D eigenvalue weighted by molar-refractivity contribution is -0.492. The first-order chi connectivity index (χ1) is 21.9. The summed E-state index contributed by atoms with van der Waals surface area (Å²) in [5.74, 6) is -5.36. The van der Waals surface area contributed by atoms with Crippen LogP contribution in [0.4, 0.5) is 8.78 Å². The molecule has 1 saturated heterocycles. The van der Waals surface area contributed by atoms with Gasteiger partial charge in [-0.3, -0.25) is 34.4 Å². The van der Waals surface area contributed by atoms with Gasteiger partial charge in [-0.05, 0) is 76.5 Å². The number of rotatable bonds is 12. The molecule has 0 unspecified atom stereocenters. The van der Waals surface area contributed by atoms with Crippen LogP contribution in [0.5, 0.6) is 0 Å². The van der Waals surface area contributed by atoms with E-state index >= 15 is 8.78 Å². The second kappa shape index (κ2) is 12.7. The summed E-state index contributed by atoms with van der Waals surface area (Å²) in [6.07, 6.45) is 0.624. The summed E-state index contributed by atoms with van der Waals surface area (Å²) < 4.78 is 51.2. The minimum atomic E-state index is -2.35. The van der Waals surface area contributed by atoms with Gasteiger partial charge in [0.25, 0.3) is 0 Å². The van der Waals surface area contributed by atoms with Crippen LogP contribution in [0.25, 0.3) is 0 Å². The average Bonchev–Trinajstić information content (AvgIpc) is 3.40. The van der Waals surface area contributed by atoms with Crippen LogP contribution in [0.3, 0.4) is 0 Å². The Balaban J connectivity index is 1.28. The fraction of sp³-hybridized carbons (Fsp3) is 0.750. The summed E-state index contributed by atoms with van der Waals surface area (Å²) in [6, 6.07) is 0. The number of ketones is 2. The van der Waals surface area contributed by atoms with Crippen LogP contribution in [-0.4, -0.2) is 99.5 Å². The highest BCUT2D eigenvalue weighted by molar-refractivity contribution is 6.01. The molecule has 13 nitrogen and oxygen atoms in total. The van der Waals surface area contributed by atoms with Gasteiger partial charge in [0.2, 0.25) is 11.7 Å². The molecule has 1 aliphatic heterocycles. The zero-order valence-electron chi connectivity index (χ0n) is 27.0. The number of hydrogen-bond acceptors (Lipinski definition) is 12. The number of carbonyl (C=O) groups excluding carboxylic acids is 4. The minimum Gasteiger partial charge on any atom is -0.456 e. The first kappa shape index (κ1) is 35.6. The van der Waals surface area contributed by atoms with Gasteiger partial charge in [0.05, 0.1) is 24.2 Å². The van der Waals surface area contributed by atoms with Gasteiger partial charge < -0.3 is 24.6 Å². The molecular formula is C32H44F2N2O11. The summed E-state index contributed by atoms with van der Waals surface area (Å²) in [6.45, 7) is 5.28. The number of alkyl halides is 2. The Hall–Kier alpha value is -2.66. The van der Waals surface area contributed by atoms with Crippen LogP contribution in [0, 0.1) is 22.7 Å². The molecule has 0 aromatic heterocycles. The molecular weight excluding hydrogens is 626 g/mol. The van der Waals surface area contributed by atoms with Crippen LogP contribution < -0.4 is 5.32 Å². The fourth-order valence-electron chi connectivity index (χ4n) is 9.08. The van der Waals surface area contributed by atoms with Crippen LogP contribution in [-0.2, 0) is 38.2 Å². The second-order valence-corrected chi connectivity index (χ2v) is 14.2. The Morgan fingerprint density at radius 3 is 2.53 bits per heavy atom. The Morgan fingerprint density at radius 2 is 1.83 bits per heavy atom. The van der Waals surface area contributed by atoms with E-state index in [9.17, 15) is 24.3 Å². The number of carbonyl (C=O) groups is 4. The lowest BCUT2D eigenvalue weighted by atomic mass is 9.44. The molecule has 4 N–H and O–H groups in total.